The fraction of sp³-hybridized carbons (Fsp3) is 0.806. The maximum atomic E-state index is 13.4. The monoisotopic (exact) mass is 558 g/mol. The van der Waals surface area contributed by atoms with Gasteiger partial charge in [0.05, 0.1) is 19.5 Å². The van der Waals surface area contributed by atoms with Crippen molar-refractivity contribution < 1.29 is 34.3 Å². The third-order valence-corrected chi connectivity index (χ3v) is 11.5. The molecule has 4 fully saturated rings. The van der Waals surface area contributed by atoms with Crippen LogP contribution in [-0.4, -0.2) is 78.5 Å². The standard InChI is InChI=1S/C31H47N3O6/c1-29-11-8-22(35)18-21(29)4-5-23-24(29)9-12-30(2)25(23)10-13-31(30,39)26(36)19-40-28(38)7-6-27(37)33-14-3-16-34-17-15-32-20-34/h18,23-25,32,39H,3-17,19-20H2,1-2H3,(H,33,37)/p+1/t23-,24+,25-,29+,30-,31+/m1/s1. The van der Waals surface area contributed by atoms with Crippen molar-refractivity contribution in [3.8, 4) is 0 Å². The molecule has 0 aromatic rings. The van der Waals surface area contributed by atoms with E-state index in [0.29, 0.717) is 31.2 Å². The molecule has 1 saturated heterocycles. The smallest absolute Gasteiger partial charge is 0.306 e. The summed E-state index contributed by atoms with van der Waals surface area (Å²) in [5.41, 5.74) is -0.712. The van der Waals surface area contributed by atoms with Gasteiger partial charge in [-0.1, -0.05) is 19.4 Å². The molecule has 4 N–H and O–H groups in total. The minimum Gasteiger partial charge on any atom is -0.458 e. The van der Waals surface area contributed by atoms with Crippen LogP contribution in [0.3, 0.4) is 0 Å². The summed E-state index contributed by atoms with van der Waals surface area (Å²) in [6.07, 6.45) is 9.00. The second-order valence-electron chi connectivity index (χ2n) is 13.5. The largest absolute Gasteiger partial charge is 0.458 e. The summed E-state index contributed by atoms with van der Waals surface area (Å²) in [4.78, 5) is 52.3. The summed E-state index contributed by atoms with van der Waals surface area (Å²) in [7, 11) is 0. The highest BCUT2D eigenvalue weighted by atomic mass is 16.5. The van der Waals surface area contributed by atoms with Gasteiger partial charge in [0.15, 0.2) is 12.4 Å². The minimum absolute atomic E-state index is 0.0262. The Morgan fingerprint density at radius 1 is 1.10 bits per heavy atom. The number of nitrogens with two attached hydrogens (primary N) is 1. The van der Waals surface area contributed by atoms with Crippen molar-refractivity contribution in [2.45, 2.75) is 90.1 Å². The quantitative estimate of drug-likeness (QED) is 0.274. The SMILES string of the molecule is C[C@]12CCC(=O)C=C1CC[C@H]1[C@H]3CC[C@](O)(C(=O)COC(=O)CCC(=O)NCCCN4CC[NH2+]C4)[C@]3(C)CC[C@@H]12. The molecule has 9 nitrogen and oxygen atoms in total. The van der Waals surface area contributed by atoms with Gasteiger partial charge in [0.1, 0.15) is 12.3 Å². The molecule has 9 heteroatoms. The van der Waals surface area contributed by atoms with E-state index in [1.165, 1.54) is 5.57 Å². The fourth-order valence-electron chi connectivity index (χ4n) is 9.05. The molecule has 0 unspecified atom stereocenters. The van der Waals surface area contributed by atoms with Crippen LogP contribution in [0.4, 0.5) is 0 Å². The van der Waals surface area contributed by atoms with Gasteiger partial charge >= 0.3 is 5.97 Å². The Morgan fingerprint density at radius 3 is 2.67 bits per heavy atom. The van der Waals surface area contributed by atoms with Crippen LogP contribution in [0.2, 0.25) is 0 Å². The summed E-state index contributed by atoms with van der Waals surface area (Å²) < 4.78 is 5.28. The van der Waals surface area contributed by atoms with Crippen LogP contribution < -0.4 is 10.6 Å². The van der Waals surface area contributed by atoms with Crippen molar-refractivity contribution in [3.05, 3.63) is 11.6 Å². The molecule has 0 spiro atoms. The number of aliphatic hydroxyl groups is 1. The zero-order valence-corrected chi connectivity index (χ0v) is 24.3. The first-order valence-electron chi connectivity index (χ1n) is 15.5. The second kappa shape index (κ2) is 11.6. The van der Waals surface area contributed by atoms with Crippen molar-refractivity contribution in [2.24, 2.45) is 28.6 Å². The average molecular weight is 559 g/mol. The maximum Gasteiger partial charge on any atom is 0.306 e. The van der Waals surface area contributed by atoms with E-state index in [4.69, 9.17) is 4.74 Å². The molecule has 0 bridgehead atoms. The van der Waals surface area contributed by atoms with Crippen molar-refractivity contribution >= 4 is 23.4 Å². The van der Waals surface area contributed by atoms with Gasteiger partial charge in [-0.15, -0.1) is 0 Å². The molecule has 0 aromatic carbocycles. The number of Topliss-reactive ketones (excluding diaryl/α,β-unsaturated/α-hetero) is 1. The molecule has 1 aliphatic heterocycles. The van der Waals surface area contributed by atoms with Crippen molar-refractivity contribution in [3.63, 3.8) is 0 Å². The zero-order valence-electron chi connectivity index (χ0n) is 24.3. The Morgan fingerprint density at radius 2 is 1.90 bits per heavy atom. The van der Waals surface area contributed by atoms with Crippen molar-refractivity contribution in [1.29, 1.82) is 0 Å². The molecular formula is C31H48N3O6+. The van der Waals surface area contributed by atoms with Crippen LogP contribution in [0, 0.1) is 28.6 Å². The number of fused-ring (bicyclic) bond motifs is 5. The molecular weight excluding hydrogens is 510 g/mol. The van der Waals surface area contributed by atoms with Gasteiger partial charge in [-0.3, -0.25) is 24.1 Å². The third kappa shape index (κ3) is 5.41. The number of amides is 1. The second-order valence-corrected chi connectivity index (χ2v) is 13.5. The number of quaternary nitrogens is 1. The molecule has 0 aromatic heterocycles. The number of ketones is 2. The Bertz CT molecular complexity index is 1050. The number of carbonyl (C=O) groups excluding carboxylic acids is 4. The van der Waals surface area contributed by atoms with Crippen LogP contribution in [0.5, 0.6) is 0 Å². The van der Waals surface area contributed by atoms with E-state index < -0.39 is 29.4 Å². The number of nitrogens with one attached hydrogen (secondary N) is 1. The first-order chi connectivity index (χ1) is 19.1. The summed E-state index contributed by atoms with van der Waals surface area (Å²) in [5, 5.41) is 16.9. The van der Waals surface area contributed by atoms with E-state index in [-0.39, 0.29) is 35.9 Å². The zero-order chi connectivity index (χ0) is 28.5. The number of carbonyl (C=O) groups is 4. The number of hydrogen-bond donors (Lipinski definition) is 3. The van der Waals surface area contributed by atoms with Crippen LogP contribution in [0.25, 0.3) is 0 Å². The number of allylic oxidation sites excluding steroid dienone is 1. The van der Waals surface area contributed by atoms with Crippen molar-refractivity contribution in [2.75, 3.05) is 39.5 Å². The van der Waals surface area contributed by atoms with Crippen LogP contribution in [0.15, 0.2) is 11.6 Å². The topological polar surface area (TPSA) is 130 Å². The molecule has 1 amide bonds. The van der Waals surface area contributed by atoms with Crippen molar-refractivity contribution in [1.82, 2.24) is 10.2 Å². The maximum absolute atomic E-state index is 13.4. The highest BCUT2D eigenvalue weighted by Crippen LogP contribution is 2.67. The Hall–Kier alpha value is -2.10. The lowest BCUT2D eigenvalue weighted by Crippen LogP contribution is -2.82. The van der Waals surface area contributed by atoms with Gasteiger partial charge in [-0.25, -0.2) is 0 Å². The number of esters is 1. The highest BCUT2D eigenvalue weighted by Gasteiger charge is 2.66. The first-order valence-corrected chi connectivity index (χ1v) is 15.5. The Kier molecular flexibility index (Phi) is 8.56. The lowest BCUT2D eigenvalue weighted by Gasteiger charge is -2.58. The Balaban J connectivity index is 1.09. The lowest BCUT2D eigenvalue weighted by atomic mass is 9.46. The normalized spacial score (nSPS) is 37.2. The van der Waals surface area contributed by atoms with Gasteiger partial charge in [0.2, 0.25) is 11.7 Å². The van der Waals surface area contributed by atoms with Crippen LogP contribution in [-0.2, 0) is 23.9 Å². The predicted octanol–water partition coefficient (Wildman–Crippen LogP) is 1.48. The van der Waals surface area contributed by atoms with E-state index in [1.807, 2.05) is 6.08 Å². The number of hydrogen-bond acceptors (Lipinski definition) is 7. The van der Waals surface area contributed by atoms with E-state index in [0.717, 1.165) is 71.2 Å². The fourth-order valence-corrected chi connectivity index (χ4v) is 9.05. The molecule has 40 heavy (non-hydrogen) atoms. The van der Waals surface area contributed by atoms with E-state index in [1.54, 1.807) is 0 Å². The van der Waals surface area contributed by atoms with E-state index >= 15 is 0 Å². The number of nitrogens with zero attached hydrogens (tertiary/aromatic N) is 1. The minimum atomic E-state index is -1.51. The molecule has 5 aliphatic rings. The predicted molar refractivity (Wildman–Crippen MR) is 148 cm³/mol. The van der Waals surface area contributed by atoms with Gasteiger partial charge in [-0.05, 0) is 80.6 Å². The van der Waals surface area contributed by atoms with E-state index in [2.05, 4.69) is 29.4 Å². The van der Waals surface area contributed by atoms with Crippen LogP contribution >= 0.6 is 0 Å². The molecule has 1 heterocycles. The average Bonchev–Trinajstić information content (AvgIpc) is 3.55. The molecule has 6 atom stereocenters. The van der Waals surface area contributed by atoms with Gasteiger partial charge in [0, 0.05) is 31.3 Å². The summed E-state index contributed by atoms with van der Waals surface area (Å²) in [6.45, 7) is 8.67. The number of rotatable bonds is 10. The Labute approximate surface area is 237 Å². The van der Waals surface area contributed by atoms with E-state index in [9.17, 15) is 24.3 Å². The summed E-state index contributed by atoms with van der Waals surface area (Å²) in [6, 6.07) is 0. The summed E-state index contributed by atoms with van der Waals surface area (Å²) in [5.74, 6) is 0.172. The highest BCUT2D eigenvalue weighted by molar-refractivity contribution is 5.92. The molecule has 4 aliphatic carbocycles. The number of ether oxygens (including phenoxy) is 1. The lowest BCUT2D eigenvalue weighted by molar-refractivity contribution is -0.642. The molecule has 5 rings (SSSR count). The summed E-state index contributed by atoms with van der Waals surface area (Å²) >= 11 is 0. The first kappa shape index (κ1) is 29.4. The van der Waals surface area contributed by atoms with Gasteiger partial charge in [-0.2, -0.15) is 0 Å². The molecule has 222 valence electrons. The third-order valence-electron chi connectivity index (χ3n) is 11.5. The van der Waals surface area contributed by atoms with Crippen LogP contribution in [0.1, 0.15) is 84.5 Å². The van der Waals surface area contributed by atoms with Gasteiger partial charge < -0.3 is 20.5 Å². The molecule has 3 saturated carbocycles. The molecule has 0 radical (unpaired) electrons. The van der Waals surface area contributed by atoms with Gasteiger partial charge in [0.25, 0.3) is 0 Å².